The molecular formula is C20H18N4O2S. The molecule has 0 saturated heterocycles. The van der Waals surface area contributed by atoms with Crippen LogP contribution in [-0.2, 0) is 16.1 Å². The van der Waals surface area contributed by atoms with E-state index in [2.05, 4.69) is 20.6 Å². The summed E-state index contributed by atoms with van der Waals surface area (Å²) in [5.41, 5.74) is 3.46. The van der Waals surface area contributed by atoms with Crippen molar-refractivity contribution in [2.24, 2.45) is 0 Å². The molecule has 6 nitrogen and oxygen atoms in total. The van der Waals surface area contributed by atoms with Gasteiger partial charge in [0.05, 0.1) is 11.4 Å². The standard InChI is InChI=1S/C20H18N4O2S/c1-14(25)22-12-15-5-7-16(8-6-15)18-13-27-20(23-18)24-19(26)10-9-17-4-2-3-11-21-17/h2-11,13H,12H2,1H3,(H,22,25)(H,23,24,26)/b10-9+. The molecule has 0 aliphatic carbocycles. The number of carbonyl (C=O) groups is 2. The highest BCUT2D eigenvalue weighted by Gasteiger charge is 2.07. The second kappa shape index (κ2) is 8.86. The number of carbonyl (C=O) groups excluding carboxylic acids is 2. The summed E-state index contributed by atoms with van der Waals surface area (Å²) in [5, 5.41) is 7.93. The molecule has 2 heterocycles. The van der Waals surface area contributed by atoms with Crippen molar-refractivity contribution in [3.05, 3.63) is 71.4 Å². The van der Waals surface area contributed by atoms with Crippen molar-refractivity contribution < 1.29 is 9.59 Å². The Morgan fingerprint density at radius 1 is 1.15 bits per heavy atom. The number of amides is 2. The number of nitrogens with one attached hydrogen (secondary N) is 2. The van der Waals surface area contributed by atoms with Gasteiger partial charge in [0.1, 0.15) is 0 Å². The van der Waals surface area contributed by atoms with Gasteiger partial charge in [0, 0.05) is 36.7 Å². The molecule has 27 heavy (non-hydrogen) atoms. The Bertz CT molecular complexity index is 950. The molecule has 0 spiro atoms. The van der Waals surface area contributed by atoms with Gasteiger partial charge in [0.2, 0.25) is 11.8 Å². The maximum Gasteiger partial charge on any atom is 0.250 e. The van der Waals surface area contributed by atoms with Gasteiger partial charge in [-0.1, -0.05) is 30.3 Å². The number of pyridine rings is 1. The Morgan fingerprint density at radius 2 is 1.96 bits per heavy atom. The van der Waals surface area contributed by atoms with Crippen LogP contribution < -0.4 is 10.6 Å². The van der Waals surface area contributed by atoms with E-state index in [1.54, 1.807) is 12.3 Å². The zero-order valence-corrected chi connectivity index (χ0v) is 15.5. The third-order valence-electron chi connectivity index (χ3n) is 3.62. The van der Waals surface area contributed by atoms with Gasteiger partial charge in [-0.25, -0.2) is 4.98 Å². The second-order valence-electron chi connectivity index (χ2n) is 5.72. The fourth-order valence-electron chi connectivity index (χ4n) is 2.27. The molecule has 2 aromatic heterocycles. The summed E-state index contributed by atoms with van der Waals surface area (Å²) < 4.78 is 0. The van der Waals surface area contributed by atoms with Gasteiger partial charge in [-0.15, -0.1) is 11.3 Å². The molecule has 2 amide bonds. The maximum atomic E-state index is 12.0. The highest BCUT2D eigenvalue weighted by molar-refractivity contribution is 7.14. The fraction of sp³-hybridized carbons (Fsp3) is 0.100. The summed E-state index contributed by atoms with van der Waals surface area (Å²) in [7, 11) is 0. The number of anilines is 1. The molecule has 1 aromatic carbocycles. The number of hydrogen-bond donors (Lipinski definition) is 2. The van der Waals surface area contributed by atoms with Gasteiger partial charge in [-0.05, 0) is 23.8 Å². The molecule has 3 aromatic rings. The van der Waals surface area contributed by atoms with E-state index >= 15 is 0 Å². The molecule has 0 aliphatic rings. The topological polar surface area (TPSA) is 84.0 Å². The van der Waals surface area contributed by atoms with Crippen LogP contribution in [0.3, 0.4) is 0 Å². The smallest absolute Gasteiger partial charge is 0.250 e. The van der Waals surface area contributed by atoms with E-state index in [9.17, 15) is 9.59 Å². The Hall–Kier alpha value is -3.32. The van der Waals surface area contributed by atoms with Gasteiger partial charge in [-0.2, -0.15) is 0 Å². The molecule has 136 valence electrons. The molecule has 3 rings (SSSR count). The Morgan fingerprint density at radius 3 is 2.67 bits per heavy atom. The van der Waals surface area contributed by atoms with E-state index in [1.807, 2.05) is 47.8 Å². The van der Waals surface area contributed by atoms with Crippen LogP contribution in [0.25, 0.3) is 17.3 Å². The van der Waals surface area contributed by atoms with E-state index in [-0.39, 0.29) is 11.8 Å². The monoisotopic (exact) mass is 378 g/mol. The van der Waals surface area contributed by atoms with Crippen LogP contribution in [-0.4, -0.2) is 21.8 Å². The zero-order chi connectivity index (χ0) is 19.1. The van der Waals surface area contributed by atoms with Gasteiger partial charge < -0.3 is 5.32 Å². The fourth-order valence-corrected chi connectivity index (χ4v) is 2.99. The number of nitrogens with zero attached hydrogens (tertiary/aromatic N) is 2. The van der Waals surface area contributed by atoms with Crippen LogP contribution in [0.1, 0.15) is 18.2 Å². The highest BCUT2D eigenvalue weighted by Crippen LogP contribution is 2.25. The van der Waals surface area contributed by atoms with Crippen LogP contribution in [0, 0.1) is 0 Å². The minimum Gasteiger partial charge on any atom is -0.352 e. The van der Waals surface area contributed by atoms with E-state index in [0.717, 1.165) is 16.8 Å². The summed E-state index contributed by atoms with van der Waals surface area (Å²) in [6.07, 6.45) is 4.75. The number of rotatable bonds is 6. The second-order valence-corrected chi connectivity index (χ2v) is 6.58. The van der Waals surface area contributed by atoms with Crippen molar-refractivity contribution in [3.8, 4) is 11.3 Å². The van der Waals surface area contributed by atoms with Crippen LogP contribution in [0.5, 0.6) is 0 Å². The Labute approximate surface area is 161 Å². The molecule has 0 unspecified atom stereocenters. The lowest BCUT2D eigenvalue weighted by Crippen LogP contribution is -2.18. The van der Waals surface area contributed by atoms with E-state index < -0.39 is 0 Å². The molecule has 0 saturated carbocycles. The van der Waals surface area contributed by atoms with Crippen LogP contribution in [0.15, 0.2) is 60.1 Å². The summed E-state index contributed by atoms with van der Waals surface area (Å²) in [4.78, 5) is 31.5. The molecule has 7 heteroatoms. The van der Waals surface area contributed by atoms with Crippen molar-refractivity contribution in [1.29, 1.82) is 0 Å². The molecular weight excluding hydrogens is 360 g/mol. The summed E-state index contributed by atoms with van der Waals surface area (Å²) >= 11 is 1.36. The van der Waals surface area contributed by atoms with E-state index in [0.29, 0.717) is 17.4 Å². The number of thiazole rings is 1. The predicted octanol–water partition coefficient (Wildman–Crippen LogP) is 3.49. The van der Waals surface area contributed by atoms with Crippen molar-refractivity contribution in [2.75, 3.05) is 5.32 Å². The van der Waals surface area contributed by atoms with Gasteiger partial charge in [0.15, 0.2) is 5.13 Å². The first kappa shape index (κ1) is 18.5. The van der Waals surface area contributed by atoms with Crippen LogP contribution in [0.4, 0.5) is 5.13 Å². The van der Waals surface area contributed by atoms with E-state index in [1.165, 1.54) is 24.3 Å². The Balaban J connectivity index is 1.60. The molecule has 0 radical (unpaired) electrons. The van der Waals surface area contributed by atoms with Crippen LogP contribution in [0.2, 0.25) is 0 Å². The first-order valence-electron chi connectivity index (χ1n) is 8.29. The minimum absolute atomic E-state index is 0.0592. The van der Waals surface area contributed by atoms with Crippen molar-refractivity contribution >= 4 is 34.4 Å². The average Bonchev–Trinajstić information content (AvgIpc) is 3.14. The van der Waals surface area contributed by atoms with E-state index in [4.69, 9.17) is 0 Å². The molecule has 0 atom stereocenters. The number of hydrogen-bond acceptors (Lipinski definition) is 5. The SMILES string of the molecule is CC(=O)NCc1ccc(-c2csc(NC(=O)/C=C/c3ccccn3)n2)cc1. The molecule has 2 N–H and O–H groups in total. The lowest BCUT2D eigenvalue weighted by atomic mass is 10.1. The first-order valence-corrected chi connectivity index (χ1v) is 9.17. The van der Waals surface area contributed by atoms with Crippen molar-refractivity contribution in [1.82, 2.24) is 15.3 Å². The largest absolute Gasteiger partial charge is 0.352 e. The maximum absolute atomic E-state index is 12.0. The number of benzene rings is 1. The van der Waals surface area contributed by atoms with Gasteiger partial charge in [0.25, 0.3) is 0 Å². The lowest BCUT2D eigenvalue weighted by molar-refractivity contribution is -0.119. The highest BCUT2D eigenvalue weighted by atomic mass is 32.1. The zero-order valence-electron chi connectivity index (χ0n) is 14.7. The van der Waals surface area contributed by atoms with Gasteiger partial charge >= 0.3 is 0 Å². The normalized spacial score (nSPS) is 10.7. The average molecular weight is 378 g/mol. The number of aromatic nitrogens is 2. The minimum atomic E-state index is -0.257. The Kier molecular flexibility index (Phi) is 6.06. The summed E-state index contributed by atoms with van der Waals surface area (Å²) in [5.74, 6) is -0.316. The molecule has 0 aliphatic heterocycles. The third kappa shape index (κ3) is 5.58. The first-order chi connectivity index (χ1) is 13.1. The van der Waals surface area contributed by atoms with Crippen molar-refractivity contribution in [2.45, 2.75) is 13.5 Å². The third-order valence-corrected chi connectivity index (χ3v) is 4.38. The predicted molar refractivity (Wildman–Crippen MR) is 107 cm³/mol. The molecule has 0 fully saturated rings. The van der Waals surface area contributed by atoms with Crippen LogP contribution >= 0.6 is 11.3 Å². The quantitative estimate of drug-likeness (QED) is 0.643. The lowest BCUT2D eigenvalue weighted by Gasteiger charge is -2.03. The summed E-state index contributed by atoms with van der Waals surface area (Å²) in [6, 6.07) is 13.3. The van der Waals surface area contributed by atoms with Crippen molar-refractivity contribution in [3.63, 3.8) is 0 Å². The summed E-state index contributed by atoms with van der Waals surface area (Å²) in [6.45, 7) is 1.99. The molecule has 0 bridgehead atoms. The van der Waals surface area contributed by atoms with Gasteiger partial charge in [-0.3, -0.25) is 19.9 Å².